The Balaban J connectivity index is 2.69. The molecule has 198 valence electrons. The molecule has 0 saturated heterocycles. The lowest BCUT2D eigenvalue weighted by Crippen LogP contribution is -2.55. The van der Waals surface area contributed by atoms with Gasteiger partial charge in [0, 0.05) is 18.2 Å². The highest BCUT2D eigenvalue weighted by Gasteiger charge is 2.30. The highest BCUT2D eigenvalue weighted by atomic mass is 16.5. The summed E-state index contributed by atoms with van der Waals surface area (Å²) in [5.41, 5.74) is 6.99. The zero-order valence-corrected chi connectivity index (χ0v) is 21.2. The van der Waals surface area contributed by atoms with Crippen molar-refractivity contribution in [3.63, 3.8) is 0 Å². The summed E-state index contributed by atoms with van der Waals surface area (Å²) in [5, 5.41) is 7.56. The molecular weight excluding hydrogens is 468 g/mol. The smallest absolute Gasteiger partial charge is 0.328 e. The van der Waals surface area contributed by atoms with Crippen LogP contribution in [0.2, 0.25) is 0 Å². The van der Waals surface area contributed by atoms with Crippen molar-refractivity contribution in [2.45, 2.75) is 52.6 Å². The fraction of sp³-hybridized carbons (Fsp3) is 0.480. The number of rotatable bonds is 14. The predicted molar refractivity (Wildman–Crippen MR) is 134 cm³/mol. The van der Waals surface area contributed by atoms with Gasteiger partial charge in [0.05, 0.1) is 19.8 Å². The first-order valence-corrected chi connectivity index (χ1v) is 11.8. The Morgan fingerprint density at radius 2 is 1.61 bits per heavy atom. The molecule has 0 aliphatic heterocycles. The number of amides is 3. The maximum absolute atomic E-state index is 12.9. The minimum atomic E-state index is -1.09. The zero-order chi connectivity index (χ0) is 27.1. The number of anilines is 1. The van der Waals surface area contributed by atoms with Crippen LogP contribution in [0, 0.1) is 5.92 Å². The normalized spacial score (nSPS) is 12.5. The fourth-order valence-corrected chi connectivity index (χ4v) is 3.01. The first kappa shape index (κ1) is 30.1. The second-order valence-corrected chi connectivity index (χ2v) is 8.16. The van der Waals surface area contributed by atoms with E-state index < -0.39 is 41.7 Å². The van der Waals surface area contributed by atoms with Crippen molar-refractivity contribution < 1.29 is 33.4 Å². The molecule has 0 heterocycles. The molecule has 36 heavy (non-hydrogen) atoms. The van der Waals surface area contributed by atoms with Crippen molar-refractivity contribution in [1.82, 2.24) is 16.0 Å². The van der Waals surface area contributed by atoms with Gasteiger partial charge < -0.3 is 31.2 Å². The molecule has 0 radical (unpaired) electrons. The summed E-state index contributed by atoms with van der Waals surface area (Å²) in [5.74, 6) is -3.22. The van der Waals surface area contributed by atoms with Crippen LogP contribution >= 0.6 is 0 Å². The third-order valence-electron chi connectivity index (χ3n) is 4.88. The number of esters is 2. The molecular formula is C25H36N4O7. The number of nitrogens with one attached hydrogen (secondary N) is 3. The molecule has 0 bridgehead atoms. The molecule has 0 fully saturated rings. The Labute approximate surface area is 211 Å². The Bertz CT molecular complexity index is 929. The Kier molecular flexibility index (Phi) is 13.3. The van der Waals surface area contributed by atoms with E-state index in [1.807, 2.05) is 0 Å². The standard InChI is InChI=1S/C25H36N4O7/c1-5-35-22(32)14-12-19(25(34)36-6-2)28-24(33)23(16(3)4)29-21(31)15-27-20(30)13-9-17-7-10-18(26)11-8-17/h7-11,13,16,19,23H,5-6,12,14-15,26H2,1-4H3,(H,27,30)(H,28,33)(H,29,31)/b13-9+/t19-,23+/m1/s1. The number of hydrogen-bond donors (Lipinski definition) is 4. The number of hydrogen-bond acceptors (Lipinski definition) is 8. The van der Waals surface area contributed by atoms with E-state index in [9.17, 15) is 24.0 Å². The molecule has 0 aromatic heterocycles. The summed E-state index contributed by atoms with van der Waals surface area (Å²) < 4.78 is 9.85. The number of nitrogen functional groups attached to an aromatic ring is 1. The summed E-state index contributed by atoms with van der Waals surface area (Å²) in [6.07, 6.45) is 2.74. The Morgan fingerprint density at radius 1 is 0.972 bits per heavy atom. The lowest BCUT2D eigenvalue weighted by Gasteiger charge is -2.24. The molecule has 1 rings (SSSR count). The molecule has 3 amide bonds. The molecule has 0 aliphatic rings. The van der Waals surface area contributed by atoms with Crippen molar-refractivity contribution in [3.05, 3.63) is 35.9 Å². The maximum atomic E-state index is 12.9. The first-order chi connectivity index (χ1) is 17.1. The summed E-state index contributed by atoms with van der Waals surface area (Å²) in [6, 6.07) is 4.82. The van der Waals surface area contributed by atoms with Crippen LogP contribution in [0.3, 0.4) is 0 Å². The van der Waals surface area contributed by atoms with Crippen molar-refractivity contribution in [2.75, 3.05) is 25.5 Å². The van der Waals surface area contributed by atoms with Crippen molar-refractivity contribution in [2.24, 2.45) is 5.92 Å². The highest BCUT2D eigenvalue weighted by molar-refractivity contribution is 5.95. The topological polar surface area (TPSA) is 166 Å². The molecule has 2 atom stereocenters. The molecule has 11 nitrogen and oxygen atoms in total. The van der Waals surface area contributed by atoms with E-state index in [0.717, 1.165) is 5.56 Å². The summed E-state index contributed by atoms with van der Waals surface area (Å²) in [4.78, 5) is 61.3. The van der Waals surface area contributed by atoms with Gasteiger partial charge in [0.25, 0.3) is 0 Å². The molecule has 0 saturated carbocycles. The SMILES string of the molecule is CCOC(=O)CC[C@@H](NC(=O)[C@@H](NC(=O)CNC(=O)/C=C/c1ccc(N)cc1)C(C)C)C(=O)OCC. The van der Waals surface area contributed by atoms with E-state index in [1.54, 1.807) is 58.0 Å². The van der Waals surface area contributed by atoms with Crippen LogP contribution in [0.5, 0.6) is 0 Å². The largest absolute Gasteiger partial charge is 0.466 e. The second kappa shape index (κ2) is 15.9. The van der Waals surface area contributed by atoms with E-state index in [0.29, 0.717) is 5.69 Å². The van der Waals surface area contributed by atoms with E-state index >= 15 is 0 Å². The van der Waals surface area contributed by atoms with Gasteiger partial charge in [-0.2, -0.15) is 0 Å². The monoisotopic (exact) mass is 504 g/mol. The van der Waals surface area contributed by atoms with Crippen LogP contribution in [0.4, 0.5) is 5.69 Å². The fourth-order valence-electron chi connectivity index (χ4n) is 3.01. The van der Waals surface area contributed by atoms with Gasteiger partial charge >= 0.3 is 11.9 Å². The second-order valence-electron chi connectivity index (χ2n) is 8.16. The van der Waals surface area contributed by atoms with E-state index in [2.05, 4.69) is 16.0 Å². The molecule has 0 spiro atoms. The molecule has 11 heteroatoms. The van der Waals surface area contributed by atoms with Gasteiger partial charge in [0.1, 0.15) is 12.1 Å². The summed E-state index contributed by atoms with van der Waals surface area (Å²) in [7, 11) is 0. The molecule has 0 aliphatic carbocycles. The van der Waals surface area contributed by atoms with Gasteiger partial charge in [-0.3, -0.25) is 19.2 Å². The van der Waals surface area contributed by atoms with Crippen LogP contribution in [-0.4, -0.2) is 61.5 Å². The quantitative estimate of drug-likeness (QED) is 0.165. The van der Waals surface area contributed by atoms with Crippen LogP contribution in [0.25, 0.3) is 6.08 Å². The number of carbonyl (C=O) groups excluding carboxylic acids is 5. The first-order valence-electron chi connectivity index (χ1n) is 11.8. The number of carbonyl (C=O) groups is 5. The van der Waals surface area contributed by atoms with Crippen LogP contribution < -0.4 is 21.7 Å². The van der Waals surface area contributed by atoms with Crippen molar-refractivity contribution in [3.8, 4) is 0 Å². The minimum absolute atomic E-state index is 0.0153. The van der Waals surface area contributed by atoms with Crippen molar-refractivity contribution >= 4 is 41.4 Å². The molecule has 1 aromatic carbocycles. The summed E-state index contributed by atoms with van der Waals surface area (Å²) >= 11 is 0. The number of benzene rings is 1. The molecule has 1 aromatic rings. The van der Waals surface area contributed by atoms with Gasteiger partial charge in [-0.25, -0.2) is 4.79 Å². The van der Waals surface area contributed by atoms with Crippen LogP contribution in [0.15, 0.2) is 30.3 Å². The van der Waals surface area contributed by atoms with E-state index in [-0.39, 0.29) is 38.5 Å². The predicted octanol–water partition coefficient (Wildman–Crippen LogP) is 0.930. The van der Waals surface area contributed by atoms with Crippen molar-refractivity contribution in [1.29, 1.82) is 0 Å². The van der Waals surface area contributed by atoms with Gasteiger partial charge in [0.15, 0.2) is 0 Å². The van der Waals surface area contributed by atoms with E-state index in [1.165, 1.54) is 6.08 Å². The Morgan fingerprint density at radius 3 is 2.19 bits per heavy atom. The zero-order valence-electron chi connectivity index (χ0n) is 21.2. The van der Waals surface area contributed by atoms with E-state index in [4.69, 9.17) is 15.2 Å². The number of nitrogens with two attached hydrogens (primary N) is 1. The van der Waals surface area contributed by atoms with Gasteiger partial charge in [-0.15, -0.1) is 0 Å². The Hall–Kier alpha value is -3.89. The maximum Gasteiger partial charge on any atom is 0.328 e. The highest BCUT2D eigenvalue weighted by Crippen LogP contribution is 2.08. The van der Waals surface area contributed by atoms with Gasteiger partial charge in [0.2, 0.25) is 17.7 Å². The minimum Gasteiger partial charge on any atom is -0.466 e. The van der Waals surface area contributed by atoms with Gasteiger partial charge in [-0.05, 0) is 50.0 Å². The third-order valence-corrected chi connectivity index (χ3v) is 4.88. The molecule has 5 N–H and O–H groups in total. The third kappa shape index (κ3) is 11.5. The lowest BCUT2D eigenvalue weighted by molar-refractivity contribution is -0.149. The average Bonchev–Trinajstić information content (AvgIpc) is 2.83. The van der Waals surface area contributed by atoms with Crippen LogP contribution in [-0.2, 0) is 33.4 Å². The molecule has 0 unspecified atom stereocenters. The van der Waals surface area contributed by atoms with Gasteiger partial charge in [-0.1, -0.05) is 26.0 Å². The lowest BCUT2D eigenvalue weighted by atomic mass is 10.0. The van der Waals surface area contributed by atoms with Crippen LogP contribution in [0.1, 0.15) is 46.1 Å². The number of ether oxygens (including phenoxy) is 2. The average molecular weight is 505 g/mol. The summed E-state index contributed by atoms with van der Waals surface area (Å²) in [6.45, 7) is 6.67.